The maximum atomic E-state index is 13.1. The monoisotopic (exact) mass is 446 g/mol. The van der Waals surface area contributed by atoms with Gasteiger partial charge in [0, 0.05) is 30.4 Å². The number of aryl methyl sites for hydroxylation is 1. The summed E-state index contributed by atoms with van der Waals surface area (Å²) in [5.41, 5.74) is 2.33. The smallest absolute Gasteiger partial charge is 0.312 e. The minimum absolute atomic E-state index is 0.0212. The van der Waals surface area contributed by atoms with Crippen molar-refractivity contribution in [3.8, 4) is 5.75 Å². The number of fused-ring (bicyclic) bond motifs is 2. The molecule has 3 heterocycles. The summed E-state index contributed by atoms with van der Waals surface area (Å²) in [6.07, 6.45) is 6.83. The molecule has 0 atom stereocenters. The van der Waals surface area contributed by atoms with E-state index in [1.54, 1.807) is 0 Å². The number of hydrogen-bond acceptors (Lipinski definition) is 4. The third kappa shape index (κ3) is 4.47. The van der Waals surface area contributed by atoms with E-state index in [0.29, 0.717) is 38.1 Å². The first-order chi connectivity index (χ1) is 16.1. The number of esters is 1. The average molecular weight is 447 g/mol. The van der Waals surface area contributed by atoms with Crippen molar-refractivity contribution < 1.29 is 19.1 Å². The number of piperidine rings is 1. The van der Waals surface area contributed by atoms with E-state index in [-0.39, 0.29) is 18.5 Å². The van der Waals surface area contributed by atoms with Gasteiger partial charge >= 0.3 is 5.97 Å². The van der Waals surface area contributed by atoms with E-state index >= 15 is 0 Å². The van der Waals surface area contributed by atoms with Gasteiger partial charge in [0.25, 0.3) is 5.91 Å². The lowest BCUT2D eigenvalue weighted by molar-refractivity contribution is -0.160. The highest BCUT2D eigenvalue weighted by atomic mass is 16.6. The van der Waals surface area contributed by atoms with E-state index in [4.69, 9.17) is 9.47 Å². The van der Waals surface area contributed by atoms with E-state index < -0.39 is 5.41 Å². The largest absolute Gasteiger partial charge is 0.490 e. The van der Waals surface area contributed by atoms with Crippen LogP contribution < -0.4 is 4.74 Å². The molecule has 1 N–H and O–H groups in total. The Bertz CT molecular complexity index is 1140. The van der Waals surface area contributed by atoms with Crippen molar-refractivity contribution in [3.05, 3.63) is 65.9 Å². The summed E-state index contributed by atoms with van der Waals surface area (Å²) in [6.45, 7) is 1.73. The Hall–Kier alpha value is -3.28. The van der Waals surface area contributed by atoms with Crippen LogP contribution in [-0.2, 0) is 16.0 Å². The standard InChI is InChI=1S/C27H30N2O4/c30-25(22-9-8-20-10-14-28-23(20)19-22)29-15-12-27(13-16-29)11-4-3-6-21-5-1-2-7-24(21)32-17-18-33-26(27)31/h1-2,5,7-10,14,19,28H,3-4,6,11-13,15-18H2. The number of likely N-dealkylation sites (tertiary alicyclic amines) is 1. The third-order valence-electron chi connectivity index (χ3n) is 7.14. The average Bonchev–Trinajstić information content (AvgIpc) is 3.32. The topological polar surface area (TPSA) is 71.6 Å². The Morgan fingerprint density at radius 2 is 1.76 bits per heavy atom. The zero-order valence-electron chi connectivity index (χ0n) is 18.8. The Labute approximate surface area is 193 Å². The highest BCUT2D eigenvalue weighted by molar-refractivity contribution is 5.98. The van der Waals surface area contributed by atoms with Crippen LogP contribution >= 0.6 is 0 Å². The summed E-state index contributed by atoms with van der Waals surface area (Å²) in [5.74, 6) is 0.765. The van der Waals surface area contributed by atoms with E-state index in [1.165, 1.54) is 5.56 Å². The zero-order valence-corrected chi connectivity index (χ0v) is 18.8. The molecule has 3 aromatic rings. The summed E-state index contributed by atoms with van der Waals surface area (Å²) < 4.78 is 11.5. The summed E-state index contributed by atoms with van der Waals surface area (Å²) >= 11 is 0. The first kappa shape index (κ1) is 21.6. The van der Waals surface area contributed by atoms with Crippen molar-refractivity contribution in [3.63, 3.8) is 0 Å². The van der Waals surface area contributed by atoms with Gasteiger partial charge in [-0.25, -0.2) is 0 Å². The highest BCUT2D eigenvalue weighted by Gasteiger charge is 2.43. The van der Waals surface area contributed by atoms with Gasteiger partial charge in [-0.3, -0.25) is 9.59 Å². The Morgan fingerprint density at radius 1 is 0.939 bits per heavy atom. The van der Waals surface area contributed by atoms with Crippen molar-refractivity contribution in [1.29, 1.82) is 0 Å². The molecule has 0 unspecified atom stereocenters. The molecule has 1 saturated heterocycles. The van der Waals surface area contributed by atoms with Gasteiger partial charge in [0.05, 0.1) is 5.41 Å². The first-order valence-electron chi connectivity index (χ1n) is 11.9. The van der Waals surface area contributed by atoms with Crippen molar-refractivity contribution >= 4 is 22.8 Å². The Morgan fingerprint density at radius 3 is 2.64 bits per heavy atom. The molecule has 1 spiro atoms. The minimum atomic E-state index is -0.515. The van der Waals surface area contributed by atoms with Gasteiger partial charge in [-0.2, -0.15) is 0 Å². The van der Waals surface area contributed by atoms with Crippen LogP contribution in [0.25, 0.3) is 10.9 Å². The van der Waals surface area contributed by atoms with Gasteiger partial charge in [-0.05, 0) is 67.3 Å². The zero-order chi connectivity index (χ0) is 22.7. The second-order valence-corrected chi connectivity index (χ2v) is 9.15. The van der Waals surface area contributed by atoms with E-state index in [9.17, 15) is 9.59 Å². The minimum Gasteiger partial charge on any atom is -0.490 e. The van der Waals surface area contributed by atoms with Crippen LogP contribution in [0.15, 0.2) is 54.7 Å². The van der Waals surface area contributed by atoms with Crippen molar-refractivity contribution in [2.24, 2.45) is 5.41 Å². The lowest BCUT2D eigenvalue weighted by atomic mass is 9.74. The number of para-hydroxylation sites is 1. The summed E-state index contributed by atoms with van der Waals surface area (Å²) in [5, 5.41) is 1.09. The number of aromatic nitrogens is 1. The van der Waals surface area contributed by atoms with Crippen LogP contribution in [0, 0.1) is 5.41 Å². The molecule has 6 heteroatoms. The molecule has 1 aromatic heterocycles. The number of carbonyl (C=O) groups is 2. The van der Waals surface area contributed by atoms with Crippen LogP contribution in [0.4, 0.5) is 0 Å². The SMILES string of the molecule is O=C(c1ccc2cc[nH]c2c1)N1CCC2(CCCCc3ccccc3OCCOC2=O)CC1. The molecule has 0 saturated carbocycles. The van der Waals surface area contributed by atoms with Crippen LogP contribution in [0.1, 0.15) is 48.0 Å². The lowest BCUT2D eigenvalue weighted by Gasteiger charge is -2.40. The highest BCUT2D eigenvalue weighted by Crippen LogP contribution is 2.39. The number of aromatic amines is 1. The predicted octanol–water partition coefficient (Wildman–Crippen LogP) is 4.74. The predicted molar refractivity (Wildman–Crippen MR) is 126 cm³/mol. The van der Waals surface area contributed by atoms with E-state index in [2.05, 4.69) is 11.1 Å². The molecule has 33 heavy (non-hydrogen) atoms. The van der Waals surface area contributed by atoms with Gasteiger partial charge in [-0.1, -0.05) is 30.7 Å². The first-order valence-corrected chi connectivity index (χ1v) is 11.9. The maximum Gasteiger partial charge on any atom is 0.312 e. The summed E-state index contributed by atoms with van der Waals surface area (Å²) in [4.78, 5) is 31.3. The number of H-pyrrole nitrogens is 1. The fraction of sp³-hybridized carbons (Fsp3) is 0.407. The maximum absolute atomic E-state index is 13.1. The van der Waals surface area contributed by atoms with Gasteiger partial charge in [-0.15, -0.1) is 0 Å². The van der Waals surface area contributed by atoms with Gasteiger partial charge in [0.2, 0.25) is 0 Å². The number of amides is 1. The Kier molecular flexibility index (Phi) is 6.07. The van der Waals surface area contributed by atoms with Gasteiger partial charge in [0.15, 0.2) is 0 Å². The molecular weight excluding hydrogens is 416 g/mol. The van der Waals surface area contributed by atoms with Crippen molar-refractivity contribution in [2.45, 2.75) is 38.5 Å². The van der Waals surface area contributed by atoms with E-state index in [1.807, 2.05) is 53.6 Å². The second-order valence-electron chi connectivity index (χ2n) is 9.15. The molecule has 172 valence electrons. The molecule has 2 aliphatic rings. The van der Waals surface area contributed by atoms with Crippen molar-refractivity contribution in [2.75, 3.05) is 26.3 Å². The van der Waals surface area contributed by atoms with Gasteiger partial charge in [0.1, 0.15) is 19.0 Å². The normalized spacial score (nSPS) is 19.2. The molecule has 0 bridgehead atoms. The lowest BCUT2D eigenvalue weighted by Crippen LogP contribution is -2.47. The number of nitrogens with one attached hydrogen (secondary N) is 1. The van der Waals surface area contributed by atoms with Crippen LogP contribution in [0.3, 0.4) is 0 Å². The quantitative estimate of drug-likeness (QED) is 0.548. The van der Waals surface area contributed by atoms with E-state index in [0.717, 1.165) is 42.3 Å². The molecule has 1 fully saturated rings. The molecule has 2 aliphatic heterocycles. The molecule has 0 radical (unpaired) electrons. The number of hydrogen-bond donors (Lipinski definition) is 1. The fourth-order valence-electron chi connectivity index (χ4n) is 5.13. The molecule has 5 rings (SSSR count). The van der Waals surface area contributed by atoms with Crippen LogP contribution in [-0.4, -0.2) is 48.1 Å². The molecule has 0 aliphatic carbocycles. The Balaban J connectivity index is 1.25. The second kappa shape index (κ2) is 9.30. The number of rotatable bonds is 1. The molecule has 2 aromatic carbocycles. The molecule has 1 amide bonds. The molecular formula is C27H30N2O4. The summed E-state index contributed by atoms with van der Waals surface area (Å²) in [7, 11) is 0. The van der Waals surface area contributed by atoms with Crippen molar-refractivity contribution in [1.82, 2.24) is 9.88 Å². The number of benzene rings is 2. The third-order valence-corrected chi connectivity index (χ3v) is 7.14. The number of nitrogens with zero attached hydrogens (tertiary/aromatic N) is 1. The van der Waals surface area contributed by atoms with Crippen LogP contribution in [0.5, 0.6) is 5.75 Å². The molecule has 6 nitrogen and oxygen atoms in total. The van der Waals surface area contributed by atoms with Crippen LogP contribution in [0.2, 0.25) is 0 Å². The number of cyclic esters (lactones) is 1. The fourth-order valence-corrected chi connectivity index (χ4v) is 5.13. The summed E-state index contributed by atoms with van der Waals surface area (Å²) in [6, 6.07) is 15.8. The van der Waals surface area contributed by atoms with Gasteiger partial charge < -0.3 is 19.4 Å². The number of ether oxygens (including phenoxy) is 2. The number of carbonyl (C=O) groups excluding carboxylic acids is 2.